The Kier molecular flexibility index (Phi) is 7.82. The first-order valence-corrected chi connectivity index (χ1v) is 7.89. The number of hydrogen-bond donors (Lipinski definition) is 2. The fraction of sp³-hybridized carbons (Fsp3) is 0.389. The molecule has 132 valence electrons. The van der Waals surface area contributed by atoms with Gasteiger partial charge in [-0.25, -0.2) is 0 Å². The van der Waals surface area contributed by atoms with Crippen LogP contribution in [-0.4, -0.2) is 18.0 Å². The van der Waals surface area contributed by atoms with E-state index >= 15 is 0 Å². The first-order valence-electron chi connectivity index (χ1n) is 7.89. The van der Waals surface area contributed by atoms with Gasteiger partial charge in [0, 0.05) is 17.6 Å². The molecule has 0 atom stereocenters. The molecular weight excluding hydrogens is 328 g/mol. The van der Waals surface area contributed by atoms with Gasteiger partial charge >= 0.3 is 0 Å². The topological polar surface area (TPSA) is 77.5 Å². The van der Waals surface area contributed by atoms with Gasteiger partial charge in [0.15, 0.2) is 5.76 Å². The number of carbonyl (C=O) groups excluding carboxylic acids is 1. The molecule has 0 unspecified atom stereocenters. The molecule has 1 aromatic heterocycles. The SMILES string of the molecule is CCC(N)(CC)CNC(=O)c1occc1COc1ccccc1.Cl. The molecule has 0 saturated carbocycles. The Hall–Kier alpha value is -1.98. The summed E-state index contributed by atoms with van der Waals surface area (Å²) in [6, 6.07) is 11.2. The Morgan fingerprint density at radius 2 is 1.88 bits per heavy atom. The van der Waals surface area contributed by atoms with Crippen LogP contribution in [0.4, 0.5) is 0 Å². The van der Waals surface area contributed by atoms with Crippen LogP contribution < -0.4 is 15.8 Å². The second kappa shape index (κ2) is 9.35. The van der Waals surface area contributed by atoms with Gasteiger partial charge in [-0.15, -0.1) is 12.4 Å². The first kappa shape index (κ1) is 20.1. The van der Waals surface area contributed by atoms with Crippen LogP contribution in [-0.2, 0) is 6.61 Å². The predicted molar refractivity (Wildman–Crippen MR) is 96.6 cm³/mol. The zero-order valence-electron chi connectivity index (χ0n) is 14.1. The second-order valence-corrected chi connectivity index (χ2v) is 5.63. The normalized spacial score (nSPS) is 10.8. The van der Waals surface area contributed by atoms with E-state index in [1.54, 1.807) is 6.07 Å². The van der Waals surface area contributed by atoms with Crippen molar-refractivity contribution in [3.05, 3.63) is 54.0 Å². The molecule has 3 N–H and O–H groups in total. The van der Waals surface area contributed by atoms with Crippen molar-refractivity contribution in [1.82, 2.24) is 5.32 Å². The highest BCUT2D eigenvalue weighted by Crippen LogP contribution is 2.16. The van der Waals surface area contributed by atoms with Gasteiger partial charge < -0.3 is 20.2 Å². The Bertz CT molecular complexity index is 624. The molecule has 0 radical (unpaired) electrons. The van der Waals surface area contributed by atoms with Crippen molar-refractivity contribution in [2.45, 2.75) is 38.8 Å². The highest BCUT2D eigenvalue weighted by Gasteiger charge is 2.23. The van der Waals surface area contributed by atoms with E-state index in [2.05, 4.69) is 5.32 Å². The Morgan fingerprint density at radius 1 is 1.21 bits per heavy atom. The van der Waals surface area contributed by atoms with Crippen molar-refractivity contribution in [2.24, 2.45) is 5.73 Å². The summed E-state index contributed by atoms with van der Waals surface area (Å²) >= 11 is 0. The lowest BCUT2D eigenvalue weighted by Crippen LogP contribution is -2.49. The molecule has 1 heterocycles. The number of amides is 1. The van der Waals surface area contributed by atoms with E-state index in [0.29, 0.717) is 12.1 Å². The van der Waals surface area contributed by atoms with Crippen molar-refractivity contribution < 1.29 is 13.9 Å². The van der Waals surface area contributed by atoms with Gasteiger partial charge in [-0.3, -0.25) is 4.79 Å². The lowest BCUT2D eigenvalue weighted by molar-refractivity contribution is 0.0911. The fourth-order valence-corrected chi connectivity index (χ4v) is 2.16. The van der Waals surface area contributed by atoms with Crippen LogP contribution in [0.1, 0.15) is 42.8 Å². The summed E-state index contributed by atoms with van der Waals surface area (Å²) in [6.45, 7) is 4.72. The zero-order chi connectivity index (χ0) is 16.7. The Morgan fingerprint density at radius 3 is 2.50 bits per heavy atom. The van der Waals surface area contributed by atoms with Gasteiger partial charge in [0.1, 0.15) is 12.4 Å². The van der Waals surface area contributed by atoms with E-state index in [0.717, 1.165) is 18.6 Å². The van der Waals surface area contributed by atoms with E-state index in [4.69, 9.17) is 14.9 Å². The standard InChI is InChI=1S/C18H24N2O3.ClH/c1-3-18(19,4-2)13-20-17(21)16-14(10-11-22-16)12-23-15-8-6-5-7-9-15;/h5-11H,3-4,12-13,19H2,1-2H3,(H,20,21);1H. The molecule has 0 fully saturated rings. The molecule has 0 saturated heterocycles. The summed E-state index contributed by atoms with van der Waals surface area (Å²) in [5.41, 5.74) is 6.53. The summed E-state index contributed by atoms with van der Waals surface area (Å²) in [7, 11) is 0. The largest absolute Gasteiger partial charge is 0.489 e. The number of para-hydroxylation sites is 1. The van der Waals surface area contributed by atoms with Crippen molar-refractivity contribution in [3.8, 4) is 5.75 Å². The van der Waals surface area contributed by atoms with Crippen LogP contribution >= 0.6 is 12.4 Å². The van der Waals surface area contributed by atoms with E-state index < -0.39 is 0 Å². The minimum Gasteiger partial charge on any atom is -0.489 e. The summed E-state index contributed by atoms with van der Waals surface area (Å²) in [5.74, 6) is 0.756. The van der Waals surface area contributed by atoms with Crippen LogP contribution in [0.2, 0.25) is 0 Å². The van der Waals surface area contributed by atoms with Gasteiger partial charge in [0.25, 0.3) is 5.91 Å². The average Bonchev–Trinajstić information content (AvgIpc) is 3.07. The van der Waals surface area contributed by atoms with Gasteiger partial charge in [0.05, 0.1) is 6.26 Å². The van der Waals surface area contributed by atoms with E-state index in [1.165, 1.54) is 6.26 Å². The number of nitrogens with two attached hydrogens (primary N) is 1. The summed E-state index contributed by atoms with van der Waals surface area (Å²) in [5, 5.41) is 2.85. The first-order chi connectivity index (χ1) is 11.1. The number of hydrogen-bond acceptors (Lipinski definition) is 4. The number of rotatable bonds is 8. The highest BCUT2D eigenvalue weighted by molar-refractivity contribution is 5.92. The number of carbonyl (C=O) groups is 1. The number of furan rings is 1. The van der Waals surface area contributed by atoms with E-state index in [-0.39, 0.29) is 36.2 Å². The van der Waals surface area contributed by atoms with Crippen molar-refractivity contribution in [2.75, 3.05) is 6.54 Å². The molecule has 0 aliphatic rings. The molecule has 1 amide bonds. The van der Waals surface area contributed by atoms with Gasteiger partial charge in [0.2, 0.25) is 0 Å². The molecule has 5 nitrogen and oxygen atoms in total. The summed E-state index contributed by atoms with van der Waals surface area (Å²) in [6.07, 6.45) is 3.09. The zero-order valence-corrected chi connectivity index (χ0v) is 14.9. The van der Waals surface area contributed by atoms with E-state index in [9.17, 15) is 4.79 Å². The van der Waals surface area contributed by atoms with Crippen molar-refractivity contribution >= 4 is 18.3 Å². The maximum atomic E-state index is 12.3. The molecule has 2 rings (SSSR count). The minimum atomic E-state index is -0.386. The number of benzene rings is 1. The quantitative estimate of drug-likeness (QED) is 0.761. The van der Waals surface area contributed by atoms with Gasteiger partial charge in [-0.2, -0.15) is 0 Å². The molecule has 24 heavy (non-hydrogen) atoms. The van der Waals surface area contributed by atoms with Gasteiger partial charge in [-0.05, 0) is 31.0 Å². The van der Waals surface area contributed by atoms with Crippen LogP contribution in [0, 0.1) is 0 Å². The summed E-state index contributed by atoms with van der Waals surface area (Å²) < 4.78 is 11.0. The maximum absolute atomic E-state index is 12.3. The molecule has 0 bridgehead atoms. The average molecular weight is 353 g/mol. The third kappa shape index (κ3) is 5.28. The molecular formula is C18H25ClN2O3. The Balaban J connectivity index is 0.00000288. The molecule has 1 aromatic carbocycles. The van der Waals surface area contributed by atoms with Crippen molar-refractivity contribution in [1.29, 1.82) is 0 Å². The van der Waals surface area contributed by atoms with Crippen LogP contribution in [0.5, 0.6) is 5.75 Å². The lowest BCUT2D eigenvalue weighted by Gasteiger charge is -2.26. The highest BCUT2D eigenvalue weighted by atomic mass is 35.5. The predicted octanol–water partition coefficient (Wildman–Crippen LogP) is 3.53. The second-order valence-electron chi connectivity index (χ2n) is 5.63. The lowest BCUT2D eigenvalue weighted by atomic mass is 9.94. The van der Waals surface area contributed by atoms with Crippen LogP contribution in [0.3, 0.4) is 0 Å². The number of ether oxygens (including phenoxy) is 1. The monoisotopic (exact) mass is 352 g/mol. The van der Waals surface area contributed by atoms with Crippen LogP contribution in [0.25, 0.3) is 0 Å². The Labute approximate surface area is 149 Å². The third-order valence-electron chi connectivity index (χ3n) is 4.10. The maximum Gasteiger partial charge on any atom is 0.287 e. The summed E-state index contributed by atoms with van der Waals surface area (Å²) in [4.78, 5) is 12.3. The molecule has 0 aliphatic heterocycles. The van der Waals surface area contributed by atoms with Crippen LogP contribution in [0.15, 0.2) is 47.1 Å². The van der Waals surface area contributed by atoms with E-state index in [1.807, 2.05) is 44.2 Å². The minimum absolute atomic E-state index is 0. The molecule has 0 aliphatic carbocycles. The van der Waals surface area contributed by atoms with Gasteiger partial charge in [-0.1, -0.05) is 32.0 Å². The smallest absolute Gasteiger partial charge is 0.287 e. The third-order valence-corrected chi connectivity index (χ3v) is 4.10. The molecule has 2 aromatic rings. The molecule has 0 spiro atoms. The number of halogens is 1. The van der Waals surface area contributed by atoms with Crippen molar-refractivity contribution in [3.63, 3.8) is 0 Å². The fourth-order valence-electron chi connectivity index (χ4n) is 2.16. The molecule has 6 heteroatoms. The number of nitrogens with one attached hydrogen (secondary N) is 1.